The molecular formula is C18H18N4O2. The van der Waals surface area contributed by atoms with Crippen molar-refractivity contribution in [3.8, 4) is 0 Å². The topological polar surface area (TPSA) is 59.7 Å². The van der Waals surface area contributed by atoms with E-state index in [4.69, 9.17) is 4.74 Å². The molecule has 1 amide bonds. The number of rotatable bonds is 2. The molecule has 0 aliphatic carbocycles. The highest BCUT2D eigenvalue weighted by molar-refractivity contribution is 5.99. The third-order valence-corrected chi connectivity index (χ3v) is 4.31. The van der Waals surface area contributed by atoms with Gasteiger partial charge in [0.2, 0.25) is 0 Å². The smallest absolute Gasteiger partial charge is 0.259 e. The second kappa shape index (κ2) is 6.41. The van der Waals surface area contributed by atoms with Crippen LogP contribution >= 0.6 is 0 Å². The Bertz CT molecular complexity index is 846. The van der Waals surface area contributed by atoms with Gasteiger partial charge in [-0.2, -0.15) is 5.10 Å². The van der Waals surface area contributed by atoms with Crippen LogP contribution in [0.1, 0.15) is 28.4 Å². The van der Waals surface area contributed by atoms with Crippen LogP contribution in [0.4, 0.5) is 0 Å². The van der Waals surface area contributed by atoms with Crippen LogP contribution in [0.2, 0.25) is 0 Å². The van der Waals surface area contributed by atoms with Crippen LogP contribution in [0.5, 0.6) is 0 Å². The quantitative estimate of drug-likeness (QED) is 0.726. The van der Waals surface area contributed by atoms with Gasteiger partial charge in [0.05, 0.1) is 18.9 Å². The summed E-state index contributed by atoms with van der Waals surface area (Å²) in [5, 5.41) is 4.20. The largest absolute Gasteiger partial charge is 0.372 e. The lowest BCUT2D eigenvalue weighted by atomic mass is 10.1. The maximum absolute atomic E-state index is 12.8. The molecule has 2 aromatic heterocycles. The maximum Gasteiger partial charge on any atom is 0.259 e. The molecule has 4 rings (SSSR count). The highest BCUT2D eigenvalue weighted by atomic mass is 16.5. The lowest BCUT2D eigenvalue weighted by Gasteiger charge is -2.19. The summed E-state index contributed by atoms with van der Waals surface area (Å²) in [6, 6.07) is 11.9. The molecule has 0 radical (unpaired) electrons. The molecule has 0 N–H and O–H groups in total. The van der Waals surface area contributed by atoms with Crippen molar-refractivity contribution in [3.05, 3.63) is 66.1 Å². The Morgan fingerprint density at radius 2 is 2.04 bits per heavy atom. The van der Waals surface area contributed by atoms with Crippen LogP contribution in [-0.4, -0.2) is 45.1 Å². The van der Waals surface area contributed by atoms with Gasteiger partial charge in [-0.1, -0.05) is 30.3 Å². The van der Waals surface area contributed by atoms with Crippen molar-refractivity contribution < 1.29 is 9.53 Å². The molecule has 6 nitrogen and oxygen atoms in total. The molecular weight excluding hydrogens is 304 g/mol. The molecule has 3 heterocycles. The van der Waals surface area contributed by atoms with Crippen LogP contribution in [0.15, 0.2) is 55.0 Å². The summed E-state index contributed by atoms with van der Waals surface area (Å²) in [6.07, 6.45) is 5.86. The number of hydrogen-bond donors (Lipinski definition) is 0. The number of aromatic nitrogens is 3. The Kier molecular flexibility index (Phi) is 3.96. The maximum atomic E-state index is 12.8. The second-order valence-electron chi connectivity index (χ2n) is 5.80. The summed E-state index contributed by atoms with van der Waals surface area (Å²) in [6.45, 7) is 1.76. The zero-order valence-corrected chi connectivity index (χ0v) is 13.2. The highest BCUT2D eigenvalue weighted by Crippen LogP contribution is 2.24. The number of ether oxygens (including phenoxy) is 1. The minimum atomic E-state index is -0.0407. The molecule has 0 saturated carbocycles. The van der Waals surface area contributed by atoms with Gasteiger partial charge in [-0.3, -0.25) is 4.79 Å². The van der Waals surface area contributed by atoms with Gasteiger partial charge >= 0.3 is 0 Å². The first-order valence-corrected chi connectivity index (χ1v) is 8.07. The number of nitrogens with zero attached hydrogens (tertiary/aromatic N) is 4. The van der Waals surface area contributed by atoms with E-state index in [1.165, 1.54) is 0 Å². The van der Waals surface area contributed by atoms with E-state index in [1.807, 2.05) is 23.1 Å². The van der Waals surface area contributed by atoms with Crippen molar-refractivity contribution in [2.24, 2.45) is 0 Å². The Morgan fingerprint density at radius 3 is 2.92 bits per heavy atom. The van der Waals surface area contributed by atoms with Gasteiger partial charge in [0.15, 0.2) is 5.65 Å². The molecule has 1 saturated heterocycles. The van der Waals surface area contributed by atoms with E-state index in [-0.39, 0.29) is 12.0 Å². The van der Waals surface area contributed by atoms with Crippen LogP contribution in [0, 0.1) is 0 Å². The fraction of sp³-hybridized carbons (Fsp3) is 0.278. The number of carbonyl (C=O) groups excluding carboxylic acids is 1. The summed E-state index contributed by atoms with van der Waals surface area (Å²) in [5.74, 6) is -0.0407. The molecule has 3 aromatic rings. The fourth-order valence-electron chi connectivity index (χ4n) is 3.06. The zero-order valence-electron chi connectivity index (χ0n) is 13.2. The Labute approximate surface area is 139 Å². The first kappa shape index (κ1) is 14.8. The summed E-state index contributed by atoms with van der Waals surface area (Å²) in [5.41, 5.74) is 2.28. The third kappa shape index (κ3) is 2.76. The summed E-state index contributed by atoms with van der Waals surface area (Å²) in [4.78, 5) is 18.9. The standard InChI is InChI=1S/C18H18N4O2/c23-18(15-13-20-22-9-4-8-19-17(15)22)21-10-7-16(24-12-11-21)14-5-2-1-3-6-14/h1-6,8-9,13,16H,7,10-12H2. The van der Waals surface area contributed by atoms with E-state index >= 15 is 0 Å². The van der Waals surface area contributed by atoms with Crippen molar-refractivity contribution in [3.63, 3.8) is 0 Å². The predicted octanol–water partition coefficient (Wildman–Crippen LogP) is 2.33. The highest BCUT2D eigenvalue weighted by Gasteiger charge is 2.25. The van der Waals surface area contributed by atoms with Gasteiger partial charge in [0.25, 0.3) is 5.91 Å². The SMILES string of the molecule is O=C(c1cnn2cccnc12)N1CCOC(c2ccccc2)CC1. The number of carbonyl (C=O) groups is 1. The van der Waals surface area contributed by atoms with Gasteiger partial charge in [-0.05, 0) is 18.1 Å². The van der Waals surface area contributed by atoms with Crippen LogP contribution in [-0.2, 0) is 4.74 Å². The predicted molar refractivity (Wildman–Crippen MR) is 88.6 cm³/mol. The molecule has 0 spiro atoms. The number of benzene rings is 1. The van der Waals surface area contributed by atoms with Gasteiger partial charge in [0, 0.05) is 25.5 Å². The second-order valence-corrected chi connectivity index (χ2v) is 5.80. The first-order chi connectivity index (χ1) is 11.8. The Morgan fingerprint density at radius 1 is 1.17 bits per heavy atom. The van der Waals surface area contributed by atoms with Crippen LogP contribution in [0.3, 0.4) is 0 Å². The third-order valence-electron chi connectivity index (χ3n) is 4.31. The summed E-state index contributed by atoms with van der Waals surface area (Å²) < 4.78 is 7.56. The lowest BCUT2D eigenvalue weighted by Crippen LogP contribution is -2.33. The van der Waals surface area contributed by atoms with E-state index in [0.717, 1.165) is 12.0 Å². The summed E-state index contributed by atoms with van der Waals surface area (Å²) in [7, 11) is 0. The normalized spacial score (nSPS) is 18.5. The Balaban J connectivity index is 1.52. The van der Waals surface area contributed by atoms with Crippen LogP contribution in [0.25, 0.3) is 5.65 Å². The van der Waals surface area contributed by atoms with E-state index in [0.29, 0.717) is 30.9 Å². The van der Waals surface area contributed by atoms with Crippen molar-refractivity contribution in [1.29, 1.82) is 0 Å². The minimum absolute atomic E-state index is 0.0334. The van der Waals surface area contributed by atoms with E-state index in [2.05, 4.69) is 22.2 Å². The molecule has 1 unspecified atom stereocenters. The van der Waals surface area contributed by atoms with Crippen LogP contribution < -0.4 is 0 Å². The van der Waals surface area contributed by atoms with Gasteiger partial charge in [-0.25, -0.2) is 9.50 Å². The average Bonchev–Trinajstić information content (AvgIpc) is 2.91. The number of hydrogen-bond acceptors (Lipinski definition) is 4. The molecule has 1 aliphatic rings. The van der Waals surface area contributed by atoms with Gasteiger partial charge in [0.1, 0.15) is 5.56 Å². The fourth-order valence-corrected chi connectivity index (χ4v) is 3.06. The molecule has 0 bridgehead atoms. The number of amides is 1. The monoisotopic (exact) mass is 322 g/mol. The lowest BCUT2D eigenvalue weighted by molar-refractivity contribution is 0.0585. The Hall–Kier alpha value is -2.73. The van der Waals surface area contributed by atoms with Gasteiger partial charge < -0.3 is 9.64 Å². The minimum Gasteiger partial charge on any atom is -0.372 e. The molecule has 1 aliphatic heterocycles. The van der Waals surface area contributed by atoms with Crippen molar-refractivity contribution in [1.82, 2.24) is 19.5 Å². The van der Waals surface area contributed by atoms with Gasteiger partial charge in [-0.15, -0.1) is 0 Å². The number of fused-ring (bicyclic) bond motifs is 1. The van der Waals surface area contributed by atoms with E-state index < -0.39 is 0 Å². The van der Waals surface area contributed by atoms with E-state index in [9.17, 15) is 4.79 Å². The molecule has 122 valence electrons. The van der Waals surface area contributed by atoms with E-state index in [1.54, 1.807) is 29.2 Å². The molecule has 1 aromatic carbocycles. The van der Waals surface area contributed by atoms with Crippen molar-refractivity contribution in [2.75, 3.05) is 19.7 Å². The summed E-state index contributed by atoms with van der Waals surface area (Å²) >= 11 is 0. The molecule has 6 heteroatoms. The average molecular weight is 322 g/mol. The molecule has 1 atom stereocenters. The molecule has 24 heavy (non-hydrogen) atoms. The van der Waals surface area contributed by atoms with Crippen molar-refractivity contribution in [2.45, 2.75) is 12.5 Å². The first-order valence-electron chi connectivity index (χ1n) is 8.07. The molecule has 1 fully saturated rings. The van der Waals surface area contributed by atoms with Crippen molar-refractivity contribution >= 4 is 11.6 Å². The zero-order chi connectivity index (χ0) is 16.4.